The number of benzene rings is 1. The molecular formula is C21H22F5N3O. The Balaban J connectivity index is 2.10. The largest absolute Gasteiger partial charge is 0.433 e. The molecule has 30 heavy (non-hydrogen) atoms. The van der Waals surface area contributed by atoms with Crippen molar-refractivity contribution in [2.24, 2.45) is 0 Å². The van der Waals surface area contributed by atoms with Crippen LogP contribution in [-0.4, -0.2) is 17.9 Å². The molecule has 1 aromatic carbocycles. The lowest BCUT2D eigenvalue weighted by Gasteiger charge is -2.10. The zero-order valence-electron chi connectivity index (χ0n) is 16.5. The first-order valence-electron chi connectivity index (χ1n) is 9.34. The van der Waals surface area contributed by atoms with E-state index in [0.717, 1.165) is 30.7 Å². The van der Waals surface area contributed by atoms with Crippen molar-refractivity contribution in [3.63, 3.8) is 0 Å². The van der Waals surface area contributed by atoms with Crippen molar-refractivity contribution >= 4 is 17.7 Å². The van der Waals surface area contributed by atoms with E-state index in [-0.39, 0.29) is 23.5 Å². The van der Waals surface area contributed by atoms with Gasteiger partial charge in [0.25, 0.3) is 0 Å². The Hall–Kier alpha value is -2.97. The Morgan fingerprint density at radius 2 is 1.83 bits per heavy atom. The van der Waals surface area contributed by atoms with E-state index in [1.54, 1.807) is 0 Å². The number of nitrogens with zero attached hydrogens (tertiary/aromatic N) is 1. The zero-order valence-corrected chi connectivity index (χ0v) is 16.5. The van der Waals surface area contributed by atoms with Gasteiger partial charge in [-0.05, 0) is 48.2 Å². The monoisotopic (exact) mass is 427 g/mol. The maximum absolute atomic E-state index is 13.8. The van der Waals surface area contributed by atoms with Gasteiger partial charge in [0.15, 0.2) is 0 Å². The van der Waals surface area contributed by atoms with Crippen molar-refractivity contribution in [3.05, 3.63) is 64.5 Å². The van der Waals surface area contributed by atoms with Gasteiger partial charge in [0.05, 0.1) is 0 Å². The topological polar surface area (TPSA) is 54.0 Å². The summed E-state index contributed by atoms with van der Waals surface area (Å²) in [5.41, 5.74) is -0.362. The quantitative estimate of drug-likeness (QED) is 0.456. The number of carbonyl (C=O) groups excluding carboxylic acids is 1. The van der Waals surface area contributed by atoms with Crippen LogP contribution < -0.4 is 10.6 Å². The Bertz CT molecular complexity index is 902. The fourth-order valence-corrected chi connectivity index (χ4v) is 2.75. The Kier molecular flexibility index (Phi) is 7.91. The molecule has 0 spiro atoms. The van der Waals surface area contributed by atoms with Crippen molar-refractivity contribution in [2.75, 3.05) is 12.4 Å². The SMILES string of the molecule is CCCCc1nc(C(F)(F)F)ccc1/C=C/C(=O)NCc1cc(F)c(NC)c(F)c1. The summed E-state index contributed by atoms with van der Waals surface area (Å²) in [5, 5.41) is 4.88. The summed E-state index contributed by atoms with van der Waals surface area (Å²) in [7, 11) is 1.39. The summed E-state index contributed by atoms with van der Waals surface area (Å²) in [6.45, 7) is 1.79. The first kappa shape index (κ1) is 23.3. The van der Waals surface area contributed by atoms with E-state index in [1.165, 1.54) is 19.2 Å². The number of hydrogen-bond acceptors (Lipinski definition) is 3. The maximum atomic E-state index is 13.8. The predicted molar refractivity (Wildman–Crippen MR) is 105 cm³/mol. The van der Waals surface area contributed by atoms with E-state index in [9.17, 15) is 26.7 Å². The highest BCUT2D eigenvalue weighted by Gasteiger charge is 2.32. The van der Waals surface area contributed by atoms with Gasteiger partial charge in [-0.3, -0.25) is 4.79 Å². The molecule has 2 rings (SSSR count). The zero-order chi connectivity index (χ0) is 22.3. The van der Waals surface area contributed by atoms with E-state index >= 15 is 0 Å². The van der Waals surface area contributed by atoms with Crippen molar-refractivity contribution < 1.29 is 26.7 Å². The standard InChI is InChI=1S/C21H22F5N3O/c1-3-4-5-17-14(6-8-18(29-17)21(24,25)26)7-9-19(30)28-12-13-10-15(22)20(27-2)16(23)11-13/h6-11,27H,3-5,12H2,1-2H3,(H,28,30)/b9-7+. The van der Waals surface area contributed by atoms with Crippen LogP contribution >= 0.6 is 0 Å². The maximum Gasteiger partial charge on any atom is 0.433 e. The predicted octanol–water partition coefficient (Wildman–Crippen LogP) is 5.09. The van der Waals surface area contributed by atoms with Crippen LogP contribution in [0.4, 0.5) is 27.6 Å². The van der Waals surface area contributed by atoms with E-state index in [4.69, 9.17) is 0 Å². The van der Waals surface area contributed by atoms with Crippen LogP contribution in [0.5, 0.6) is 0 Å². The first-order chi connectivity index (χ1) is 14.2. The number of alkyl halides is 3. The van der Waals surface area contributed by atoms with Crippen molar-refractivity contribution in [1.29, 1.82) is 0 Å². The van der Waals surface area contributed by atoms with Crippen LogP contribution in [0.15, 0.2) is 30.3 Å². The Labute approximate surface area is 171 Å². The van der Waals surface area contributed by atoms with E-state index in [0.29, 0.717) is 18.4 Å². The molecule has 0 aliphatic rings. The lowest BCUT2D eigenvalue weighted by Crippen LogP contribution is -2.20. The number of hydrogen-bond donors (Lipinski definition) is 2. The van der Waals surface area contributed by atoms with Crippen LogP contribution in [0.2, 0.25) is 0 Å². The summed E-state index contributed by atoms with van der Waals surface area (Å²) in [6.07, 6.45) is -0.249. The second kappa shape index (κ2) is 10.2. The molecule has 2 aromatic rings. The van der Waals surface area contributed by atoms with E-state index in [1.807, 2.05) is 6.92 Å². The number of unbranched alkanes of at least 4 members (excludes halogenated alkanes) is 1. The third-order valence-corrected chi connectivity index (χ3v) is 4.30. The van der Waals surface area contributed by atoms with Crippen LogP contribution in [0, 0.1) is 11.6 Å². The van der Waals surface area contributed by atoms with Crippen molar-refractivity contribution in [3.8, 4) is 0 Å². The van der Waals surface area contributed by atoms with Crippen molar-refractivity contribution in [1.82, 2.24) is 10.3 Å². The number of aromatic nitrogens is 1. The Morgan fingerprint density at radius 1 is 1.17 bits per heavy atom. The number of amides is 1. The summed E-state index contributed by atoms with van der Waals surface area (Å²) < 4.78 is 66.2. The number of halogens is 5. The van der Waals surface area contributed by atoms with Crippen LogP contribution in [0.1, 0.15) is 42.3 Å². The number of nitrogens with one attached hydrogen (secondary N) is 2. The fourth-order valence-electron chi connectivity index (χ4n) is 2.75. The average Bonchev–Trinajstić information content (AvgIpc) is 2.68. The van der Waals surface area contributed by atoms with E-state index in [2.05, 4.69) is 15.6 Å². The highest BCUT2D eigenvalue weighted by Crippen LogP contribution is 2.29. The fraction of sp³-hybridized carbons (Fsp3) is 0.333. The minimum absolute atomic E-state index is 0.116. The van der Waals surface area contributed by atoms with Crippen LogP contribution in [-0.2, 0) is 23.9 Å². The highest BCUT2D eigenvalue weighted by atomic mass is 19.4. The minimum atomic E-state index is -4.55. The lowest BCUT2D eigenvalue weighted by atomic mass is 10.1. The molecule has 0 bridgehead atoms. The third kappa shape index (κ3) is 6.27. The molecule has 0 fully saturated rings. The molecule has 0 aliphatic heterocycles. The molecule has 1 aromatic heterocycles. The smallest absolute Gasteiger partial charge is 0.383 e. The van der Waals surface area contributed by atoms with Gasteiger partial charge in [-0.2, -0.15) is 13.2 Å². The molecule has 162 valence electrons. The van der Waals surface area contributed by atoms with Gasteiger partial charge in [-0.25, -0.2) is 13.8 Å². The molecule has 1 amide bonds. The normalized spacial score (nSPS) is 11.7. The molecule has 0 atom stereocenters. The summed E-state index contributed by atoms with van der Waals surface area (Å²) >= 11 is 0. The molecule has 2 N–H and O–H groups in total. The number of pyridine rings is 1. The molecule has 1 heterocycles. The number of anilines is 1. The van der Waals surface area contributed by atoms with Gasteiger partial charge < -0.3 is 10.6 Å². The van der Waals surface area contributed by atoms with Crippen molar-refractivity contribution in [2.45, 2.75) is 38.9 Å². The highest BCUT2D eigenvalue weighted by molar-refractivity contribution is 5.91. The van der Waals surface area contributed by atoms with Gasteiger partial charge >= 0.3 is 6.18 Å². The molecule has 0 saturated carbocycles. The number of rotatable bonds is 8. The second-order valence-electron chi connectivity index (χ2n) is 6.57. The minimum Gasteiger partial charge on any atom is -0.383 e. The molecule has 9 heteroatoms. The van der Waals surface area contributed by atoms with Gasteiger partial charge in [-0.1, -0.05) is 19.4 Å². The number of carbonyl (C=O) groups is 1. The molecule has 0 unspecified atom stereocenters. The van der Waals surface area contributed by atoms with E-state index < -0.39 is 29.4 Å². The molecule has 4 nitrogen and oxygen atoms in total. The molecular weight excluding hydrogens is 405 g/mol. The van der Waals surface area contributed by atoms with Crippen LogP contribution in [0.3, 0.4) is 0 Å². The molecule has 0 radical (unpaired) electrons. The van der Waals surface area contributed by atoms with Crippen LogP contribution in [0.25, 0.3) is 6.08 Å². The van der Waals surface area contributed by atoms with Gasteiger partial charge in [0.2, 0.25) is 5.91 Å². The number of aryl methyl sites for hydroxylation is 1. The Morgan fingerprint density at radius 3 is 2.40 bits per heavy atom. The average molecular weight is 427 g/mol. The first-order valence-corrected chi connectivity index (χ1v) is 9.34. The lowest BCUT2D eigenvalue weighted by molar-refractivity contribution is -0.141. The molecule has 0 aliphatic carbocycles. The summed E-state index contributed by atoms with van der Waals surface area (Å²) in [5.74, 6) is -2.13. The van der Waals surface area contributed by atoms with Gasteiger partial charge in [-0.15, -0.1) is 0 Å². The summed E-state index contributed by atoms with van der Waals surface area (Å²) in [6, 6.07) is 4.33. The second-order valence-corrected chi connectivity index (χ2v) is 6.57. The third-order valence-electron chi connectivity index (χ3n) is 4.30. The summed E-state index contributed by atoms with van der Waals surface area (Å²) in [4.78, 5) is 15.7. The van der Waals surface area contributed by atoms with Gasteiger partial charge in [0, 0.05) is 25.4 Å². The molecule has 0 saturated heterocycles. The van der Waals surface area contributed by atoms with Gasteiger partial charge in [0.1, 0.15) is 23.0 Å².